The minimum Gasteiger partial charge on any atom is -0.449 e. The Labute approximate surface area is 118 Å². The number of carbonyl (C=O) groups is 1. The Morgan fingerprint density at radius 1 is 1.15 bits per heavy atom. The molecule has 2 aromatic carbocycles. The topological polar surface area (TPSA) is 38.3 Å². The lowest BCUT2D eigenvalue weighted by Crippen LogP contribution is -2.22. The van der Waals surface area contributed by atoms with Gasteiger partial charge in [-0.3, -0.25) is 0 Å². The summed E-state index contributed by atoms with van der Waals surface area (Å²) in [7, 11) is 1.57. The van der Waals surface area contributed by atoms with Crippen LogP contribution in [0.2, 0.25) is 0 Å². The molecule has 20 heavy (non-hydrogen) atoms. The van der Waals surface area contributed by atoms with Crippen LogP contribution in [0, 0.1) is 6.92 Å². The molecule has 1 unspecified atom stereocenters. The molecule has 1 aliphatic carbocycles. The molecule has 0 spiro atoms. The van der Waals surface area contributed by atoms with Crippen LogP contribution in [0.15, 0.2) is 42.5 Å². The Kier molecular flexibility index (Phi) is 3.18. The maximum atomic E-state index is 11.3. The van der Waals surface area contributed by atoms with Gasteiger partial charge in [-0.1, -0.05) is 48.0 Å². The van der Waals surface area contributed by atoms with Crippen molar-refractivity contribution in [2.24, 2.45) is 0 Å². The molecule has 1 amide bonds. The molecular formula is C17H17NO2. The van der Waals surface area contributed by atoms with Crippen molar-refractivity contribution < 1.29 is 9.53 Å². The third kappa shape index (κ3) is 2.05. The Bertz CT molecular complexity index is 664. The molecule has 1 atom stereocenters. The van der Waals surface area contributed by atoms with Gasteiger partial charge in [0, 0.05) is 13.0 Å². The average Bonchev–Trinajstić information content (AvgIpc) is 2.78. The zero-order valence-electron chi connectivity index (χ0n) is 11.6. The van der Waals surface area contributed by atoms with Crippen molar-refractivity contribution in [1.29, 1.82) is 0 Å². The second kappa shape index (κ2) is 5.00. The summed E-state index contributed by atoms with van der Waals surface area (Å²) in [5.74, 6) is 0.124. The SMILES string of the molecule is CNC(=O)OCC1c2ccccc2-c2ccc(C)cc21. The standard InChI is InChI=1S/C17H17NO2/c1-11-7-8-14-12-5-3-4-6-13(12)16(15(14)9-11)10-20-17(19)18-2/h3-9,16H,10H2,1-2H3,(H,18,19). The smallest absolute Gasteiger partial charge is 0.406 e. The van der Waals surface area contributed by atoms with Crippen molar-refractivity contribution >= 4 is 6.09 Å². The van der Waals surface area contributed by atoms with Gasteiger partial charge in [0.25, 0.3) is 0 Å². The quantitative estimate of drug-likeness (QED) is 0.905. The van der Waals surface area contributed by atoms with Crippen LogP contribution in [0.25, 0.3) is 11.1 Å². The lowest BCUT2D eigenvalue weighted by molar-refractivity contribution is 0.145. The average molecular weight is 267 g/mol. The summed E-state index contributed by atoms with van der Waals surface area (Å²) in [6.07, 6.45) is -0.386. The highest BCUT2D eigenvalue weighted by atomic mass is 16.5. The number of ether oxygens (including phenoxy) is 1. The van der Waals surface area contributed by atoms with Crippen LogP contribution in [0.5, 0.6) is 0 Å². The van der Waals surface area contributed by atoms with E-state index in [0.717, 1.165) is 0 Å². The van der Waals surface area contributed by atoms with Gasteiger partial charge in [-0.25, -0.2) is 4.79 Å². The Hall–Kier alpha value is -2.29. The van der Waals surface area contributed by atoms with Gasteiger partial charge < -0.3 is 10.1 Å². The molecular weight excluding hydrogens is 250 g/mol. The normalized spacial score (nSPS) is 15.4. The molecule has 0 aliphatic heterocycles. The van der Waals surface area contributed by atoms with Crippen LogP contribution in [0.4, 0.5) is 4.79 Å². The van der Waals surface area contributed by atoms with E-state index in [-0.39, 0.29) is 12.0 Å². The summed E-state index contributed by atoms with van der Waals surface area (Å²) in [6.45, 7) is 2.45. The van der Waals surface area contributed by atoms with Gasteiger partial charge in [0.15, 0.2) is 0 Å². The summed E-state index contributed by atoms with van der Waals surface area (Å²) >= 11 is 0. The van der Waals surface area contributed by atoms with E-state index in [2.05, 4.69) is 42.6 Å². The number of fused-ring (bicyclic) bond motifs is 3. The molecule has 0 aromatic heterocycles. The van der Waals surface area contributed by atoms with E-state index in [1.54, 1.807) is 7.05 Å². The molecule has 3 rings (SSSR count). The Morgan fingerprint density at radius 3 is 2.70 bits per heavy atom. The molecule has 1 N–H and O–H groups in total. The number of rotatable bonds is 2. The van der Waals surface area contributed by atoms with Gasteiger partial charge in [0.1, 0.15) is 6.61 Å². The fraction of sp³-hybridized carbons (Fsp3) is 0.235. The minimum absolute atomic E-state index is 0.124. The number of aryl methyl sites for hydroxylation is 1. The highest BCUT2D eigenvalue weighted by molar-refractivity contribution is 5.79. The van der Waals surface area contributed by atoms with Gasteiger partial charge >= 0.3 is 6.09 Å². The van der Waals surface area contributed by atoms with E-state index < -0.39 is 0 Å². The van der Waals surface area contributed by atoms with Crippen LogP contribution < -0.4 is 5.32 Å². The van der Waals surface area contributed by atoms with Crippen molar-refractivity contribution in [2.45, 2.75) is 12.8 Å². The molecule has 0 bridgehead atoms. The highest BCUT2D eigenvalue weighted by Crippen LogP contribution is 2.44. The molecule has 3 nitrogen and oxygen atoms in total. The van der Waals surface area contributed by atoms with Crippen LogP contribution in [0.3, 0.4) is 0 Å². The Balaban J connectivity index is 2.01. The van der Waals surface area contributed by atoms with E-state index in [9.17, 15) is 4.79 Å². The van der Waals surface area contributed by atoms with Crippen LogP contribution in [-0.2, 0) is 4.74 Å². The molecule has 3 heteroatoms. The zero-order chi connectivity index (χ0) is 14.1. The molecule has 0 fully saturated rings. The van der Waals surface area contributed by atoms with Crippen LogP contribution in [0.1, 0.15) is 22.6 Å². The van der Waals surface area contributed by atoms with Crippen molar-refractivity contribution in [3.05, 3.63) is 59.2 Å². The third-order valence-electron chi connectivity index (χ3n) is 3.79. The number of hydrogen-bond acceptors (Lipinski definition) is 2. The first kappa shape index (κ1) is 12.7. The number of nitrogens with one attached hydrogen (secondary N) is 1. The van der Waals surface area contributed by atoms with Gasteiger partial charge in [-0.2, -0.15) is 0 Å². The maximum Gasteiger partial charge on any atom is 0.406 e. The first-order valence-electron chi connectivity index (χ1n) is 6.75. The summed E-state index contributed by atoms with van der Waals surface area (Å²) in [4.78, 5) is 11.3. The van der Waals surface area contributed by atoms with E-state index in [0.29, 0.717) is 6.61 Å². The maximum absolute atomic E-state index is 11.3. The summed E-state index contributed by atoms with van der Waals surface area (Å²) in [5.41, 5.74) is 6.19. The molecule has 0 saturated carbocycles. The monoisotopic (exact) mass is 267 g/mol. The van der Waals surface area contributed by atoms with Crippen molar-refractivity contribution in [2.75, 3.05) is 13.7 Å². The van der Waals surface area contributed by atoms with E-state index in [1.165, 1.54) is 27.8 Å². The summed E-state index contributed by atoms with van der Waals surface area (Å²) in [5, 5.41) is 2.49. The molecule has 0 saturated heterocycles. The number of alkyl carbamates (subject to hydrolysis) is 1. The third-order valence-corrected chi connectivity index (χ3v) is 3.79. The largest absolute Gasteiger partial charge is 0.449 e. The van der Waals surface area contributed by atoms with Crippen molar-refractivity contribution in [3.63, 3.8) is 0 Å². The predicted molar refractivity (Wildman–Crippen MR) is 78.9 cm³/mol. The lowest BCUT2D eigenvalue weighted by Gasteiger charge is -2.14. The van der Waals surface area contributed by atoms with Gasteiger partial charge in [-0.15, -0.1) is 0 Å². The summed E-state index contributed by atoms with van der Waals surface area (Å²) < 4.78 is 5.28. The number of amides is 1. The lowest BCUT2D eigenvalue weighted by atomic mass is 9.97. The second-order valence-corrected chi connectivity index (χ2v) is 5.08. The predicted octanol–water partition coefficient (Wildman–Crippen LogP) is 3.46. The fourth-order valence-electron chi connectivity index (χ4n) is 2.84. The number of hydrogen-bond donors (Lipinski definition) is 1. The molecule has 102 valence electrons. The molecule has 2 aromatic rings. The Morgan fingerprint density at radius 2 is 1.90 bits per heavy atom. The van der Waals surface area contributed by atoms with Crippen molar-refractivity contribution in [1.82, 2.24) is 5.32 Å². The van der Waals surface area contributed by atoms with E-state index in [1.807, 2.05) is 12.1 Å². The van der Waals surface area contributed by atoms with Crippen LogP contribution >= 0.6 is 0 Å². The van der Waals surface area contributed by atoms with Gasteiger partial charge in [0.05, 0.1) is 0 Å². The second-order valence-electron chi connectivity index (χ2n) is 5.08. The van der Waals surface area contributed by atoms with Gasteiger partial charge in [-0.05, 0) is 29.2 Å². The molecule has 0 radical (unpaired) electrons. The first-order chi connectivity index (χ1) is 9.70. The van der Waals surface area contributed by atoms with E-state index in [4.69, 9.17) is 4.74 Å². The summed E-state index contributed by atoms with van der Waals surface area (Å²) in [6, 6.07) is 14.8. The molecule has 0 heterocycles. The minimum atomic E-state index is -0.386. The first-order valence-corrected chi connectivity index (χ1v) is 6.75. The highest BCUT2D eigenvalue weighted by Gasteiger charge is 2.29. The fourth-order valence-corrected chi connectivity index (χ4v) is 2.84. The van der Waals surface area contributed by atoms with Crippen LogP contribution in [-0.4, -0.2) is 19.7 Å². The molecule has 1 aliphatic rings. The van der Waals surface area contributed by atoms with Crippen molar-refractivity contribution in [3.8, 4) is 11.1 Å². The number of benzene rings is 2. The zero-order valence-corrected chi connectivity index (χ0v) is 11.6. The van der Waals surface area contributed by atoms with E-state index >= 15 is 0 Å². The number of carbonyl (C=O) groups excluding carboxylic acids is 1. The van der Waals surface area contributed by atoms with Gasteiger partial charge in [0.2, 0.25) is 0 Å².